The largest absolute Gasteiger partial charge is 0.396 e. The van der Waals surface area contributed by atoms with Crippen LogP contribution in [-0.4, -0.2) is 35.6 Å². The molecule has 1 amide bonds. The van der Waals surface area contributed by atoms with E-state index < -0.39 is 5.92 Å². The van der Waals surface area contributed by atoms with E-state index in [-0.39, 0.29) is 18.4 Å². The van der Waals surface area contributed by atoms with Crippen LogP contribution in [-0.2, 0) is 4.79 Å². The third-order valence-corrected chi connectivity index (χ3v) is 3.26. The summed E-state index contributed by atoms with van der Waals surface area (Å²) in [6, 6.07) is 2.08. The first-order valence-electron chi connectivity index (χ1n) is 5.89. The summed E-state index contributed by atoms with van der Waals surface area (Å²) in [6.45, 7) is 5.34. The van der Waals surface area contributed by atoms with Crippen LogP contribution in [0.4, 0.5) is 0 Å². The van der Waals surface area contributed by atoms with E-state index in [1.807, 2.05) is 13.8 Å². The molecule has 1 N–H and O–H groups in total. The van der Waals surface area contributed by atoms with Crippen molar-refractivity contribution < 1.29 is 9.90 Å². The molecule has 0 radical (unpaired) electrons. The fourth-order valence-corrected chi connectivity index (χ4v) is 2.02. The fraction of sp³-hybridized carbons (Fsp3) is 0.833. The minimum atomic E-state index is -0.523. The number of nitriles is 1. The Bertz CT molecular complexity index is 275. The Labute approximate surface area is 96.9 Å². The van der Waals surface area contributed by atoms with Gasteiger partial charge in [0.05, 0.1) is 6.07 Å². The third kappa shape index (κ3) is 2.96. The van der Waals surface area contributed by atoms with Crippen LogP contribution in [0.3, 0.4) is 0 Å². The minimum Gasteiger partial charge on any atom is -0.396 e. The average molecular weight is 224 g/mol. The molecule has 1 unspecified atom stereocenters. The predicted octanol–water partition coefficient (Wildman–Crippen LogP) is 1.01. The number of hydrogen-bond acceptors (Lipinski definition) is 3. The van der Waals surface area contributed by atoms with Gasteiger partial charge in [-0.1, -0.05) is 13.8 Å². The molecule has 4 heteroatoms. The highest BCUT2D eigenvalue weighted by Crippen LogP contribution is 2.20. The quantitative estimate of drug-likeness (QED) is 0.778. The lowest BCUT2D eigenvalue weighted by Gasteiger charge is -2.32. The van der Waals surface area contributed by atoms with Gasteiger partial charge in [0.1, 0.15) is 5.92 Å². The molecule has 0 bridgehead atoms. The molecule has 1 fully saturated rings. The predicted molar refractivity (Wildman–Crippen MR) is 60.3 cm³/mol. The van der Waals surface area contributed by atoms with Crippen molar-refractivity contribution in [3.63, 3.8) is 0 Å². The van der Waals surface area contributed by atoms with E-state index in [1.54, 1.807) is 4.90 Å². The maximum atomic E-state index is 12.0. The Morgan fingerprint density at radius 3 is 2.44 bits per heavy atom. The number of carbonyl (C=O) groups excluding carboxylic acids is 1. The summed E-state index contributed by atoms with van der Waals surface area (Å²) in [6.07, 6.45) is 1.69. The number of piperidine rings is 1. The van der Waals surface area contributed by atoms with Gasteiger partial charge in [-0.05, 0) is 24.7 Å². The second-order valence-corrected chi connectivity index (χ2v) is 4.80. The van der Waals surface area contributed by atoms with Crippen molar-refractivity contribution >= 4 is 5.91 Å². The second-order valence-electron chi connectivity index (χ2n) is 4.80. The molecule has 0 aliphatic carbocycles. The lowest BCUT2D eigenvalue weighted by atomic mass is 9.93. The van der Waals surface area contributed by atoms with Crippen LogP contribution >= 0.6 is 0 Å². The van der Waals surface area contributed by atoms with Crippen molar-refractivity contribution in [3.05, 3.63) is 0 Å². The van der Waals surface area contributed by atoms with Gasteiger partial charge in [-0.15, -0.1) is 0 Å². The van der Waals surface area contributed by atoms with Crippen LogP contribution in [0.1, 0.15) is 26.7 Å². The summed E-state index contributed by atoms with van der Waals surface area (Å²) in [7, 11) is 0. The Morgan fingerprint density at radius 2 is 2.06 bits per heavy atom. The first-order valence-corrected chi connectivity index (χ1v) is 5.89. The van der Waals surface area contributed by atoms with Gasteiger partial charge in [0.25, 0.3) is 0 Å². The minimum absolute atomic E-state index is 0.0473. The molecule has 1 aliphatic rings. The van der Waals surface area contributed by atoms with Crippen LogP contribution in [0.25, 0.3) is 0 Å². The number of carbonyl (C=O) groups is 1. The SMILES string of the molecule is CC(C)C(C#N)C(=O)N1CCC(CO)CC1. The standard InChI is InChI=1S/C12H20N2O2/c1-9(2)11(7-13)12(16)14-5-3-10(8-15)4-6-14/h9-11,15H,3-6,8H2,1-2H3. The average Bonchev–Trinajstić information content (AvgIpc) is 2.29. The summed E-state index contributed by atoms with van der Waals surface area (Å²) in [5.41, 5.74) is 0. The smallest absolute Gasteiger partial charge is 0.240 e. The number of likely N-dealkylation sites (tertiary alicyclic amines) is 1. The first-order chi connectivity index (χ1) is 7.60. The van der Waals surface area contributed by atoms with Crippen molar-refractivity contribution in [1.29, 1.82) is 5.26 Å². The lowest BCUT2D eigenvalue weighted by molar-refractivity contribution is -0.136. The lowest BCUT2D eigenvalue weighted by Crippen LogP contribution is -2.43. The van der Waals surface area contributed by atoms with Crippen LogP contribution in [0.15, 0.2) is 0 Å². The van der Waals surface area contributed by atoms with Gasteiger partial charge in [0.15, 0.2) is 0 Å². The van der Waals surface area contributed by atoms with Crippen molar-refractivity contribution in [1.82, 2.24) is 4.90 Å². The number of hydrogen-bond donors (Lipinski definition) is 1. The Morgan fingerprint density at radius 1 is 1.50 bits per heavy atom. The van der Waals surface area contributed by atoms with E-state index in [0.717, 1.165) is 12.8 Å². The Hall–Kier alpha value is -1.08. The number of rotatable bonds is 3. The van der Waals surface area contributed by atoms with Crippen molar-refractivity contribution in [2.45, 2.75) is 26.7 Å². The first kappa shape index (κ1) is 13.0. The zero-order valence-electron chi connectivity index (χ0n) is 10.0. The molecule has 1 aliphatic heterocycles. The van der Waals surface area contributed by atoms with E-state index in [9.17, 15) is 4.79 Å². The second kappa shape index (κ2) is 5.86. The summed E-state index contributed by atoms with van der Waals surface area (Å²) < 4.78 is 0. The summed E-state index contributed by atoms with van der Waals surface area (Å²) in [4.78, 5) is 13.8. The van der Waals surface area contributed by atoms with Gasteiger partial charge in [-0.25, -0.2) is 0 Å². The fourth-order valence-electron chi connectivity index (χ4n) is 2.02. The summed E-state index contributed by atoms with van der Waals surface area (Å²) >= 11 is 0. The molecule has 0 aromatic rings. The van der Waals surface area contributed by atoms with Gasteiger partial charge in [-0.3, -0.25) is 4.79 Å². The van der Waals surface area contributed by atoms with Gasteiger partial charge >= 0.3 is 0 Å². The van der Waals surface area contributed by atoms with E-state index in [2.05, 4.69) is 6.07 Å². The van der Waals surface area contributed by atoms with E-state index in [1.165, 1.54) is 0 Å². The zero-order chi connectivity index (χ0) is 12.1. The molecular weight excluding hydrogens is 204 g/mol. The van der Waals surface area contributed by atoms with Crippen LogP contribution in [0, 0.1) is 29.1 Å². The monoisotopic (exact) mass is 224 g/mol. The highest BCUT2D eigenvalue weighted by atomic mass is 16.3. The molecule has 1 saturated heterocycles. The molecule has 90 valence electrons. The number of aliphatic hydroxyl groups is 1. The third-order valence-electron chi connectivity index (χ3n) is 3.26. The Balaban J connectivity index is 2.53. The van der Waals surface area contributed by atoms with Crippen molar-refractivity contribution in [2.75, 3.05) is 19.7 Å². The molecule has 0 aromatic heterocycles. The van der Waals surface area contributed by atoms with E-state index in [4.69, 9.17) is 10.4 Å². The van der Waals surface area contributed by atoms with Crippen molar-refractivity contribution in [2.24, 2.45) is 17.8 Å². The maximum Gasteiger partial charge on any atom is 0.240 e. The highest BCUT2D eigenvalue weighted by Gasteiger charge is 2.29. The van der Waals surface area contributed by atoms with Gasteiger partial charge in [-0.2, -0.15) is 5.26 Å². The number of nitrogens with zero attached hydrogens (tertiary/aromatic N) is 2. The molecule has 0 spiro atoms. The molecule has 4 nitrogen and oxygen atoms in total. The number of aliphatic hydroxyl groups excluding tert-OH is 1. The summed E-state index contributed by atoms with van der Waals surface area (Å²) in [5, 5.41) is 18.0. The Kier molecular flexibility index (Phi) is 4.75. The van der Waals surface area contributed by atoms with E-state index >= 15 is 0 Å². The highest BCUT2D eigenvalue weighted by molar-refractivity contribution is 5.81. The molecule has 1 heterocycles. The summed E-state index contributed by atoms with van der Waals surface area (Å²) in [5.74, 6) is -0.184. The van der Waals surface area contributed by atoms with Gasteiger partial charge in [0, 0.05) is 19.7 Å². The molecule has 0 aromatic carbocycles. The molecule has 16 heavy (non-hydrogen) atoms. The zero-order valence-corrected chi connectivity index (χ0v) is 10.0. The van der Waals surface area contributed by atoms with Crippen LogP contribution in [0.5, 0.6) is 0 Å². The number of amides is 1. The maximum absolute atomic E-state index is 12.0. The molecule has 1 rings (SSSR count). The van der Waals surface area contributed by atoms with Gasteiger partial charge in [0.2, 0.25) is 5.91 Å². The normalized spacial score (nSPS) is 19.6. The van der Waals surface area contributed by atoms with Crippen LogP contribution in [0.2, 0.25) is 0 Å². The van der Waals surface area contributed by atoms with Crippen LogP contribution < -0.4 is 0 Å². The molecule has 1 atom stereocenters. The topological polar surface area (TPSA) is 64.3 Å². The molecule has 0 saturated carbocycles. The van der Waals surface area contributed by atoms with Crippen molar-refractivity contribution in [3.8, 4) is 6.07 Å². The van der Waals surface area contributed by atoms with E-state index in [0.29, 0.717) is 19.0 Å². The van der Waals surface area contributed by atoms with Gasteiger partial charge < -0.3 is 10.0 Å². The molecular formula is C12H20N2O2.